The molecule has 2 heterocycles. The minimum atomic E-state index is 0.221. The normalized spacial score (nSPS) is 25.7. The van der Waals surface area contributed by atoms with E-state index in [9.17, 15) is 4.79 Å². The molecule has 0 saturated heterocycles. The molecule has 0 N–H and O–H groups in total. The predicted octanol–water partition coefficient (Wildman–Crippen LogP) is 4.61. The minimum Gasteiger partial charge on any atom is -0.492 e. The third-order valence-corrected chi connectivity index (χ3v) is 5.90. The highest BCUT2D eigenvalue weighted by Gasteiger charge is 2.40. The third kappa shape index (κ3) is 4.16. The van der Waals surface area contributed by atoms with Gasteiger partial charge in [-0.2, -0.15) is 0 Å². The standard InChI is InChI=1S/C21H32N2O2/c1-5-21(4)11-16(12-21)14-23-19(24)7-6-17-10-18(13-22-20(17)23)25-9-8-15(2)3/h10,13,15-16H,5-9,11-12,14H2,1-4H3/t16-,21-. The Kier molecular flexibility index (Phi) is 5.35. The Balaban J connectivity index is 1.65. The Labute approximate surface area is 152 Å². The van der Waals surface area contributed by atoms with Gasteiger partial charge in [0.2, 0.25) is 5.91 Å². The maximum absolute atomic E-state index is 12.5. The summed E-state index contributed by atoms with van der Waals surface area (Å²) in [6.07, 6.45) is 7.85. The molecule has 0 aromatic carbocycles. The molecule has 0 radical (unpaired) electrons. The molecular weight excluding hydrogens is 312 g/mol. The number of aromatic nitrogens is 1. The summed E-state index contributed by atoms with van der Waals surface area (Å²) in [5.74, 6) is 3.16. The van der Waals surface area contributed by atoms with Gasteiger partial charge in [-0.1, -0.05) is 34.1 Å². The van der Waals surface area contributed by atoms with E-state index in [-0.39, 0.29) is 5.91 Å². The number of fused-ring (bicyclic) bond motifs is 1. The lowest BCUT2D eigenvalue weighted by Crippen LogP contribution is -2.45. The van der Waals surface area contributed by atoms with E-state index in [0.717, 1.165) is 43.1 Å². The van der Waals surface area contributed by atoms with Gasteiger partial charge >= 0.3 is 0 Å². The topological polar surface area (TPSA) is 42.4 Å². The number of hydrogen-bond acceptors (Lipinski definition) is 3. The number of rotatable bonds is 7. The van der Waals surface area contributed by atoms with Crippen molar-refractivity contribution in [1.82, 2.24) is 4.98 Å². The number of pyridine rings is 1. The van der Waals surface area contributed by atoms with Gasteiger partial charge in [-0.05, 0) is 54.6 Å². The van der Waals surface area contributed by atoms with Crippen LogP contribution in [0.3, 0.4) is 0 Å². The second kappa shape index (κ2) is 7.35. The van der Waals surface area contributed by atoms with Crippen LogP contribution in [0, 0.1) is 17.3 Å². The summed E-state index contributed by atoms with van der Waals surface area (Å²) in [6.45, 7) is 10.6. The van der Waals surface area contributed by atoms with Crippen LogP contribution in [-0.2, 0) is 11.2 Å². The Morgan fingerprint density at radius 2 is 2.12 bits per heavy atom. The van der Waals surface area contributed by atoms with E-state index in [0.29, 0.717) is 23.7 Å². The molecule has 1 aliphatic carbocycles. The molecule has 1 aliphatic heterocycles. The minimum absolute atomic E-state index is 0.221. The summed E-state index contributed by atoms with van der Waals surface area (Å²) in [5, 5.41) is 0. The molecule has 3 rings (SSSR count). The van der Waals surface area contributed by atoms with Crippen LogP contribution < -0.4 is 9.64 Å². The van der Waals surface area contributed by atoms with Crippen LogP contribution >= 0.6 is 0 Å². The lowest BCUT2D eigenvalue weighted by Gasteiger charge is -2.47. The average molecular weight is 344 g/mol. The van der Waals surface area contributed by atoms with Gasteiger partial charge in [0.05, 0.1) is 12.8 Å². The highest BCUT2D eigenvalue weighted by Crippen LogP contribution is 2.48. The smallest absolute Gasteiger partial charge is 0.228 e. The number of ether oxygens (including phenoxy) is 1. The number of anilines is 1. The first kappa shape index (κ1) is 18.2. The molecule has 4 heteroatoms. The molecular formula is C21H32N2O2. The van der Waals surface area contributed by atoms with Gasteiger partial charge in [0.15, 0.2) is 0 Å². The van der Waals surface area contributed by atoms with Crippen molar-refractivity contribution in [3.05, 3.63) is 17.8 Å². The highest BCUT2D eigenvalue weighted by molar-refractivity contribution is 5.95. The number of hydrogen-bond donors (Lipinski definition) is 0. The monoisotopic (exact) mass is 344 g/mol. The molecule has 0 bridgehead atoms. The largest absolute Gasteiger partial charge is 0.492 e. The Morgan fingerprint density at radius 3 is 2.80 bits per heavy atom. The van der Waals surface area contributed by atoms with E-state index in [1.165, 1.54) is 19.3 Å². The van der Waals surface area contributed by atoms with E-state index in [1.807, 2.05) is 4.90 Å². The zero-order valence-electron chi connectivity index (χ0n) is 16.2. The first-order valence-corrected chi connectivity index (χ1v) is 9.82. The zero-order chi connectivity index (χ0) is 18.0. The van der Waals surface area contributed by atoms with Gasteiger partial charge in [0, 0.05) is 13.0 Å². The van der Waals surface area contributed by atoms with Crippen LogP contribution in [0.25, 0.3) is 0 Å². The van der Waals surface area contributed by atoms with Crippen LogP contribution in [0.2, 0.25) is 0 Å². The van der Waals surface area contributed by atoms with E-state index >= 15 is 0 Å². The quantitative estimate of drug-likeness (QED) is 0.725. The predicted molar refractivity (Wildman–Crippen MR) is 101 cm³/mol. The van der Waals surface area contributed by atoms with Crippen LogP contribution in [0.1, 0.15) is 65.4 Å². The second-order valence-corrected chi connectivity index (χ2v) is 8.63. The first-order valence-electron chi connectivity index (χ1n) is 9.82. The van der Waals surface area contributed by atoms with Crippen LogP contribution in [0.5, 0.6) is 5.75 Å². The van der Waals surface area contributed by atoms with Crippen molar-refractivity contribution in [3.63, 3.8) is 0 Å². The molecule has 25 heavy (non-hydrogen) atoms. The Hall–Kier alpha value is -1.58. The lowest BCUT2D eigenvalue weighted by molar-refractivity contribution is -0.119. The van der Waals surface area contributed by atoms with Crippen molar-refractivity contribution in [1.29, 1.82) is 0 Å². The lowest BCUT2D eigenvalue weighted by atomic mass is 9.61. The molecule has 1 fully saturated rings. The van der Waals surface area contributed by atoms with Crippen molar-refractivity contribution in [2.24, 2.45) is 17.3 Å². The van der Waals surface area contributed by atoms with Gasteiger partial charge < -0.3 is 4.74 Å². The molecule has 0 unspecified atom stereocenters. The molecule has 2 aliphatic rings. The van der Waals surface area contributed by atoms with Crippen molar-refractivity contribution >= 4 is 11.7 Å². The molecule has 138 valence electrons. The van der Waals surface area contributed by atoms with Crippen molar-refractivity contribution in [3.8, 4) is 5.75 Å². The fraction of sp³-hybridized carbons (Fsp3) is 0.714. The van der Waals surface area contributed by atoms with Crippen molar-refractivity contribution < 1.29 is 9.53 Å². The Morgan fingerprint density at radius 1 is 1.36 bits per heavy atom. The number of carbonyl (C=O) groups excluding carboxylic acids is 1. The van der Waals surface area contributed by atoms with Gasteiger partial charge in [0.25, 0.3) is 0 Å². The summed E-state index contributed by atoms with van der Waals surface area (Å²) in [4.78, 5) is 19.0. The van der Waals surface area contributed by atoms with E-state index in [2.05, 4.69) is 38.7 Å². The first-order chi connectivity index (χ1) is 11.9. The molecule has 1 saturated carbocycles. The Bertz CT molecular complexity index is 620. The van der Waals surface area contributed by atoms with E-state index < -0.39 is 0 Å². The molecule has 0 atom stereocenters. The third-order valence-electron chi connectivity index (χ3n) is 5.90. The number of carbonyl (C=O) groups is 1. The van der Waals surface area contributed by atoms with E-state index in [1.54, 1.807) is 6.20 Å². The summed E-state index contributed by atoms with van der Waals surface area (Å²) < 4.78 is 5.83. The molecule has 4 nitrogen and oxygen atoms in total. The molecule has 1 amide bonds. The SMILES string of the molecule is CC[C@]1(C)C[C@@H](CN2C(=O)CCc3cc(OCCC(C)C)cnc32)C1. The van der Waals surface area contributed by atoms with Gasteiger partial charge in [-0.15, -0.1) is 0 Å². The maximum Gasteiger partial charge on any atom is 0.228 e. The van der Waals surface area contributed by atoms with E-state index in [4.69, 9.17) is 4.74 Å². The summed E-state index contributed by atoms with van der Waals surface area (Å²) in [6, 6.07) is 2.08. The maximum atomic E-state index is 12.5. The van der Waals surface area contributed by atoms with Crippen LogP contribution in [0.15, 0.2) is 12.3 Å². The number of aryl methyl sites for hydroxylation is 1. The zero-order valence-corrected chi connectivity index (χ0v) is 16.2. The fourth-order valence-electron chi connectivity index (χ4n) is 4.09. The number of amides is 1. The van der Waals surface area contributed by atoms with Gasteiger partial charge in [0.1, 0.15) is 11.6 Å². The second-order valence-electron chi connectivity index (χ2n) is 8.63. The van der Waals surface area contributed by atoms with Crippen LogP contribution in [0.4, 0.5) is 5.82 Å². The van der Waals surface area contributed by atoms with Crippen molar-refractivity contribution in [2.75, 3.05) is 18.1 Å². The van der Waals surface area contributed by atoms with Crippen molar-refractivity contribution in [2.45, 2.75) is 66.2 Å². The molecule has 1 aromatic heterocycles. The fourth-order valence-corrected chi connectivity index (χ4v) is 4.09. The molecule has 0 spiro atoms. The highest BCUT2D eigenvalue weighted by atomic mass is 16.5. The summed E-state index contributed by atoms with van der Waals surface area (Å²) in [7, 11) is 0. The molecule has 1 aromatic rings. The average Bonchev–Trinajstić information content (AvgIpc) is 2.55. The van der Waals surface area contributed by atoms with Gasteiger partial charge in [-0.3, -0.25) is 9.69 Å². The van der Waals surface area contributed by atoms with Crippen LogP contribution in [-0.4, -0.2) is 24.0 Å². The summed E-state index contributed by atoms with van der Waals surface area (Å²) in [5.41, 5.74) is 1.63. The van der Waals surface area contributed by atoms with Gasteiger partial charge in [-0.25, -0.2) is 4.98 Å². The number of nitrogens with zero attached hydrogens (tertiary/aromatic N) is 2. The summed E-state index contributed by atoms with van der Waals surface area (Å²) >= 11 is 0.